The number of hydrogen-bond donors (Lipinski definition) is 1. The predicted octanol–water partition coefficient (Wildman–Crippen LogP) is 0.236. The Labute approximate surface area is 95.1 Å². The summed E-state index contributed by atoms with van der Waals surface area (Å²) in [5, 5.41) is 9.47. The van der Waals surface area contributed by atoms with Crippen molar-refractivity contribution in [3.8, 4) is 0 Å². The lowest BCUT2D eigenvalue weighted by Gasteiger charge is -2.16. The number of hydrogen-bond acceptors (Lipinski definition) is 5. The summed E-state index contributed by atoms with van der Waals surface area (Å²) >= 11 is 0. The Balaban J connectivity index is 2.04. The first-order valence-corrected chi connectivity index (χ1v) is 5.52. The number of nitrogens with zero attached hydrogens (tertiary/aromatic N) is 3. The van der Waals surface area contributed by atoms with Gasteiger partial charge in [0.25, 0.3) is 0 Å². The molecule has 0 aromatic carbocycles. The largest absolute Gasteiger partial charge is 0.391 e. The second-order valence-electron chi connectivity index (χ2n) is 4.00. The van der Waals surface area contributed by atoms with Gasteiger partial charge in [-0.1, -0.05) is 0 Å². The quantitative estimate of drug-likeness (QED) is 0.792. The van der Waals surface area contributed by atoms with E-state index in [0.29, 0.717) is 13.2 Å². The van der Waals surface area contributed by atoms with Gasteiger partial charge in [0.1, 0.15) is 12.1 Å². The van der Waals surface area contributed by atoms with E-state index in [0.717, 1.165) is 30.9 Å². The molecule has 0 amide bonds. The molecule has 5 heteroatoms. The average molecular weight is 223 g/mol. The van der Waals surface area contributed by atoms with E-state index < -0.39 is 0 Å². The fraction of sp³-hybridized carbons (Fsp3) is 0.636. The van der Waals surface area contributed by atoms with Gasteiger partial charge in [-0.2, -0.15) is 0 Å². The van der Waals surface area contributed by atoms with E-state index in [1.807, 2.05) is 6.07 Å². The fourth-order valence-electron chi connectivity index (χ4n) is 1.85. The molecule has 2 rings (SSSR count). The molecular formula is C11H17N3O2. The van der Waals surface area contributed by atoms with E-state index in [1.165, 1.54) is 0 Å². The number of methoxy groups -OCH3 is 1. The zero-order valence-electron chi connectivity index (χ0n) is 9.46. The van der Waals surface area contributed by atoms with Gasteiger partial charge < -0.3 is 14.7 Å². The Bertz CT molecular complexity index is 346. The first-order chi connectivity index (χ1) is 7.79. The lowest BCUT2D eigenvalue weighted by Crippen LogP contribution is -2.22. The molecule has 1 saturated heterocycles. The van der Waals surface area contributed by atoms with Gasteiger partial charge in [-0.3, -0.25) is 0 Å². The molecule has 1 aliphatic rings. The molecule has 1 unspecified atom stereocenters. The van der Waals surface area contributed by atoms with Crippen LogP contribution in [0.1, 0.15) is 12.1 Å². The summed E-state index contributed by atoms with van der Waals surface area (Å²) in [6, 6.07) is 1.97. The van der Waals surface area contributed by atoms with Gasteiger partial charge in [-0.05, 0) is 6.42 Å². The zero-order valence-corrected chi connectivity index (χ0v) is 9.46. The molecule has 0 radical (unpaired) electrons. The van der Waals surface area contributed by atoms with Gasteiger partial charge >= 0.3 is 0 Å². The minimum Gasteiger partial charge on any atom is -0.391 e. The summed E-state index contributed by atoms with van der Waals surface area (Å²) < 4.78 is 5.01. The Hall–Kier alpha value is -1.20. The molecule has 1 aromatic heterocycles. The van der Waals surface area contributed by atoms with Crippen LogP contribution in [0.25, 0.3) is 0 Å². The van der Waals surface area contributed by atoms with Crippen LogP contribution in [0.15, 0.2) is 12.4 Å². The molecule has 1 N–H and O–H groups in total. The molecule has 0 spiro atoms. The minimum absolute atomic E-state index is 0.225. The number of aliphatic hydroxyl groups excluding tert-OH is 1. The van der Waals surface area contributed by atoms with Crippen LogP contribution >= 0.6 is 0 Å². The third-order valence-corrected chi connectivity index (χ3v) is 2.76. The third-order valence-electron chi connectivity index (χ3n) is 2.76. The summed E-state index contributed by atoms with van der Waals surface area (Å²) in [7, 11) is 1.68. The second kappa shape index (κ2) is 5.23. The third kappa shape index (κ3) is 2.68. The molecular weight excluding hydrogens is 206 g/mol. The van der Waals surface area contributed by atoms with Crippen molar-refractivity contribution in [3.05, 3.63) is 18.1 Å². The highest BCUT2D eigenvalue weighted by atomic mass is 16.5. The Morgan fingerprint density at radius 1 is 1.56 bits per heavy atom. The molecule has 1 atom stereocenters. The Kier molecular flexibility index (Phi) is 3.69. The number of β-amino-alcohol motifs (C(OH)–C–C–N with tert-alkyl or cyclic N) is 1. The molecule has 0 bridgehead atoms. The van der Waals surface area contributed by atoms with Crippen LogP contribution in [0.4, 0.5) is 5.82 Å². The molecule has 5 nitrogen and oxygen atoms in total. The number of aromatic nitrogens is 2. The lowest BCUT2D eigenvalue weighted by atomic mass is 10.3. The van der Waals surface area contributed by atoms with Crippen molar-refractivity contribution < 1.29 is 9.84 Å². The molecule has 1 aliphatic heterocycles. The van der Waals surface area contributed by atoms with Crippen LogP contribution in [0.3, 0.4) is 0 Å². The van der Waals surface area contributed by atoms with Gasteiger partial charge in [0.05, 0.1) is 12.7 Å². The normalized spacial score (nSPS) is 20.4. The highest BCUT2D eigenvalue weighted by Crippen LogP contribution is 2.18. The molecule has 0 saturated carbocycles. The first kappa shape index (κ1) is 11.3. The van der Waals surface area contributed by atoms with Gasteiger partial charge in [-0.25, -0.2) is 9.97 Å². The number of aliphatic hydroxyl groups is 1. The van der Waals surface area contributed by atoms with E-state index in [9.17, 15) is 5.11 Å². The fourth-order valence-corrected chi connectivity index (χ4v) is 1.85. The molecule has 1 aromatic rings. The van der Waals surface area contributed by atoms with Gasteiger partial charge in [0.15, 0.2) is 0 Å². The second-order valence-corrected chi connectivity index (χ2v) is 4.00. The highest BCUT2D eigenvalue weighted by molar-refractivity contribution is 5.40. The van der Waals surface area contributed by atoms with Crippen LogP contribution in [0.5, 0.6) is 0 Å². The molecule has 88 valence electrons. The Morgan fingerprint density at radius 3 is 3.12 bits per heavy atom. The predicted molar refractivity (Wildman–Crippen MR) is 60.4 cm³/mol. The van der Waals surface area contributed by atoms with Crippen molar-refractivity contribution in [1.29, 1.82) is 0 Å². The lowest BCUT2D eigenvalue weighted by molar-refractivity contribution is 0.198. The van der Waals surface area contributed by atoms with Crippen molar-refractivity contribution in [3.63, 3.8) is 0 Å². The maximum atomic E-state index is 9.47. The highest BCUT2D eigenvalue weighted by Gasteiger charge is 2.21. The van der Waals surface area contributed by atoms with E-state index in [4.69, 9.17) is 4.74 Å². The summed E-state index contributed by atoms with van der Waals surface area (Å²) in [5.74, 6) is 0.901. The van der Waals surface area contributed by atoms with Crippen LogP contribution in [-0.4, -0.2) is 48.0 Å². The van der Waals surface area contributed by atoms with Crippen molar-refractivity contribution in [2.24, 2.45) is 0 Å². The summed E-state index contributed by atoms with van der Waals surface area (Å²) in [6.07, 6.45) is 2.96. The average Bonchev–Trinajstić information content (AvgIpc) is 2.74. The number of rotatable bonds is 4. The SMILES string of the molecule is COCCc1cc(N2CCC(O)C2)ncn1. The topological polar surface area (TPSA) is 58.5 Å². The van der Waals surface area contributed by atoms with Gasteiger partial charge in [0, 0.05) is 38.4 Å². The van der Waals surface area contributed by atoms with Crippen LogP contribution < -0.4 is 4.90 Å². The molecule has 16 heavy (non-hydrogen) atoms. The van der Waals surface area contributed by atoms with E-state index in [1.54, 1.807) is 13.4 Å². The summed E-state index contributed by atoms with van der Waals surface area (Å²) in [4.78, 5) is 10.5. The number of anilines is 1. The van der Waals surface area contributed by atoms with Crippen LogP contribution in [-0.2, 0) is 11.2 Å². The van der Waals surface area contributed by atoms with Crippen molar-refractivity contribution in [2.45, 2.75) is 18.9 Å². The van der Waals surface area contributed by atoms with Crippen molar-refractivity contribution >= 4 is 5.82 Å². The van der Waals surface area contributed by atoms with Gasteiger partial charge in [0.2, 0.25) is 0 Å². The van der Waals surface area contributed by atoms with E-state index >= 15 is 0 Å². The molecule has 2 heterocycles. The van der Waals surface area contributed by atoms with Crippen LogP contribution in [0.2, 0.25) is 0 Å². The van der Waals surface area contributed by atoms with Crippen LogP contribution in [0, 0.1) is 0 Å². The minimum atomic E-state index is -0.225. The summed E-state index contributed by atoms with van der Waals surface area (Å²) in [6.45, 7) is 2.20. The number of ether oxygens (including phenoxy) is 1. The first-order valence-electron chi connectivity index (χ1n) is 5.52. The standard InChI is InChI=1S/C11H17N3O2/c1-16-5-3-9-6-11(13-8-12-9)14-4-2-10(15)7-14/h6,8,10,15H,2-5,7H2,1H3. The maximum absolute atomic E-state index is 9.47. The smallest absolute Gasteiger partial charge is 0.132 e. The Morgan fingerprint density at radius 2 is 2.44 bits per heavy atom. The zero-order chi connectivity index (χ0) is 11.4. The molecule has 0 aliphatic carbocycles. The van der Waals surface area contributed by atoms with E-state index in [2.05, 4.69) is 14.9 Å². The van der Waals surface area contributed by atoms with Gasteiger partial charge in [-0.15, -0.1) is 0 Å². The van der Waals surface area contributed by atoms with Crippen molar-refractivity contribution in [1.82, 2.24) is 9.97 Å². The summed E-state index contributed by atoms with van der Waals surface area (Å²) in [5.41, 5.74) is 0.980. The van der Waals surface area contributed by atoms with Crippen molar-refractivity contribution in [2.75, 3.05) is 31.7 Å². The molecule has 1 fully saturated rings. The van der Waals surface area contributed by atoms with E-state index in [-0.39, 0.29) is 6.10 Å². The monoisotopic (exact) mass is 223 g/mol. The maximum Gasteiger partial charge on any atom is 0.132 e.